The molecule has 1 aromatic rings. The molecule has 0 saturated heterocycles. The van der Waals surface area contributed by atoms with E-state index in [4.69, 9.17) is 0 Å². The minimum Gasteiger partial charge on any atom is -0.230 e. The first-order valence-corrected chi connectivity index (χ1v) is 6.24. The molecule has 0 fully saturated rings. The Kier molecular flexibility index (Phi) is 3.56. The molecule has 1 aromatic heterocycles. The predicted molar refractivity (Wildman–Crippen MR) is 47.3 cm³/mol. The van der Waals surface area contributed by atoms with Gasteiger partial charge in [0.05, 0.1) is 5.56 Å². The second kappa shape index (κ2) is 4.26. The third kappa shape index (κ3) is 3.25. The van der Waals surface area contributed by atoms with Crippen LogP contribution in [0.5, 0.6) is 0 Å². The number of hydrogen-bond donors (Lipinski definition) is 0. The zero-order valence-corrected chi connectivity index (χ0v) is 9.54. The van der Waals surface area contributed by atoms with Crippen molar-refractivity contribution in [1.82, 2.24) is 4.98 Å². The zero-order valence-electron chi connectivity index (χ0n) is 7.97. The second-order valence-electron chi connectivity index (χ2n) is 2.98. The van der Waals surface area contributed by atoms with Crippen LogP contribution in [0.3, 0.4) is 0 Å². The van der Waals surface area contributed by atoms with Crippen molar-refractivity contribution in [2.24, 2.45) is 0 Å². The molecule has 0 bridgehead atoms. The standard InChI is InChI=1S/C7H2ClF6NO2S/c8-18(16,17)5-3(6(9,10)11)1-2-4(15-5)7(12,13)14/h1-2H. The molecule has 0 radical (unpaired) electrons. The normalized spacial score (nSPS) is 13.7. The Balaban J connectivity index is 3.61. The van der Waals surface area contributed by atoms with Gasteiger partial charge in [0, 0.05) is 10.7 Å². The molecule has 0 unspecified atom stereocenters. The molecule has 3 nitrogen and oxygen atoms in total. The molecule has 0 aliphatic carbocycles. The fourth-order valence-electron chi connectivity index (χ4n) is 1.000. The lowest BCUT2D eigenvalue weighted by molar-refractivity contribution is -0.146. The number of hydrogen-bond acceptors (Lipinski definition) is 3. The van der Waals surface area contributed by atoms with Crippen LogP contribution in [0, 0.1) is 0 Å². The molecule has 18 heavy (non-hydrogen) atoms. The summed E-state index contributed by atoms with van der Waals surface area (Å²) in [5.41, 5.74) is -3.64. The number of alkyl halides is 6. The SMILES string of the molecule is O=S(=O)(Cl)c1nc(C(F)(F)F)ccc1C(F)(F)F. The Bertz CT molecular complexity index is 564. The van der Waals surface area contributed by atoms with Crippen molar-refractivity contribution in [2.45, 2.75) is 17.4 Å². The molecule has 0 N–H and O–H groups in total. The van der Waals surface area contributed by atoms with Gasteiger partial charge in [0.25, 0.3) is 9.05 Å². The van der Waals surface area contributed by atoms with E-state index in [0.29, 0.717) is 0 Å². The van der Waals surface area contributed by atoms with E-state index in [1.807, 2.05) is 0 Å². The maximum Gasteiger partial charge on any atom is 0.433 e. The lowest BCUT2D eigenvalue weighted by Gasteiger charge is -2.12. The molecule has 102 valence electrons. The Hall–Kier alpha value is -1.03. The summed E-state index contributed by atoms with van der Waals surface area (Å²) in [6.07, 6.45) is -10.3. The van der Waals surface area contributed by atoms with Crippen LogP contribution in [-0.2, 0) is 21.4 Å². The highest BCUT2D eigenvalue weighted by atomic mass is 35.7. The van der Waals surface area contributed by atoms with Crippen molar-refractivity contribution < 1.29 is 34.8 Å². The Labute approximate surface area is 101 Å². The van der Waals surface area contributed by atoms with Gasteiger partial charge in [0.2, 0.25) is 0 Å². The monoisotopic (exact) mass is 313 g/mol. The first-order valence-electron chi connectivity index (χ1n) is 3.93. The molecule has 0 amide bonds. The van der Waals surface area contributed by atoms with Gasteiger partial charge in [-0.2, -0.15) is 26.3 Å². The van der Waals surface area contributed by atoms with E-state index in [-0.39, 0.29) is 12.1 Å². The number of aromatic nitrogens is 1. The van der Waals surface area contributed by atoms with Crippen LogP contribution < -0.4 is 0 Å². The van der Waals surface area contributed by atoms with Gasteiger partial charge in [0.15, 0.2) is 5.03 Å². The van der Waals surface area contributed by atoms with E-state index < -0.39 is 37.7 Å². The van der Waals surface area contributed by atoms with Gasteiger partial charge in [-0.05, 0) is 12.1 Å². The van der Waals surface area contributed by atoms with Crippen molar-refractivity contribution in [3.05, 3.63) is 23.4 Å². The lowest BCUT2D eigenvalue weighted by Crippen LogP contribution is -2.16. The van der Waals surface area contributed by atoms with Gasteiger partial charge in [-0.3, -0.25) is 0 Å². The molecular weight excluding hydrogens is 312 g/mol. The minimum atomic E-state index is -5.19. The van der Waals surface area contributed by atoms with Gasteiger partial charge < -0.3 is 0 Å². The van der Waals surface area contributed by atoms with Gasteiger partial charge in [0.1, 0.15) is 5.69 Å². The third-order valence-electron chi connectivity index (χ3n) is 1.69. The van der Waals surface area contributed by atoms with Crippen LogP contribution in [0.2, 0.25) is 0 Å². The Morgan fingerprint density at radius 1 is 1.00 bits per heavy atom. The number of rotatable bonds is 1. The number of halogens is 7. The molecule has 0 aliphatic rings. The molecule has 0 aliphatic heterocycles. The number of pyridine rings is 1. The van der Waals surface area contributed by atoms with E-state index in [0.717, 1.165) is 0 Å². The van der Waals surface area contributed by atoms with E-state index in [1.54, 1.807) is 0 Å². The summed E-state index contributed by atoms with van der Waals surface area (Å²) in [6.45, 7) is 0. The van der Waals surface area contributed by atoms with Gasteiger partial charge in [-0.25, -0.2) is 13.4 Å². The largest absolute Gasteiger partial charge is 0.433 e. The lowest BCUT2D eigenvalue weighted by atomic mass is 10.2. The topological polar surface area (TPSA) is 47.0 Å². The average Bonchev–Trinajstić information content (AvgIpc) is 2.12. The highest BCUT2D eigenvalue weighted by Gasteiger charge is 2.41. The molecule has 1 heterocycles. The predicted octanol–water partition coefficient (Wildman–Crippen LogP) is 3.05. The summed E-state index contributed by atoms with van der Waals surface area (Å²) >= 11 is 0. The van der Waals surface area contributed by atoms with E-state index >= 15 is 0 Å². The smallest absolute Gasteiger partial charge is 0.230 e. The molecule has 0 spiro atoms. The molecular formula is C7H2ClF6NO2S. The van der Waals surface area contributed by atoms with E-state index in [9.17, 15) is 34.8 Å². The Morgan fingerprint density at radius 2 is 1.50 bits per heavy atom. The van der Waals surface area contributed by atoms with Gasteiger partial charge in [-0.1, -0.05) is 0 Å². The second-order valence-corrected chi connectivity index (χ2v) is 5.46. The number of nitrogens with zero attached hydrogens (tertiary/aromatic N) is 1. The van der Waals surface area contributed by atoms with Crippen LogP contribution in [0.4, 0.5) is 26.3 Å². The fourth-order valence-corrected chi connectivity index (χ4v) is 2.01. The van der Waals surface area contributed by atoms with E-state index in [1.165, 1.54) is 0 Å². The molecule has 0 saturated carbocycles. The maximum atomic E-state index is 12.4. The third-order valence-corrected chi connectivity index (χ3v) is 2.90. The highest BCUT2D eigenvalue weighted by molar-refractivity contribution is 8.13. The average molecular weight is 314 g/mol. The fraction of sp³-hybridized carbons (Fsp3) is 0.286. The molecule has 1 rings (SSSR count). The molecule has 0 atom stereocenters. The first kappa shape index (κ1) is 15.0. The van der Waals surface area contributed by atoms with Crippen LogP contribution in [0.15, 0.2) is 17.2 Å². The minimum absolute atomic E-state index is 0.0222. The summed E-state index contributed by atoms with van der Waals surface area (Å²) < 4.78 is 95.3. The van der Waals surface area contributed by atoms with Crippen molar-refractivity contribution in [3.63, 3.8) is 0 Å². The van der Waals surface area contributed by atoms with Crippen LogP contribution in [0.1, 0.15) is 11.3 Å². The summed E-state index contributed by atoms with van der Waals surface area (Å²) in [4.78, 5) is 2.42. The zero-order chi connectivity index (χ0) is 14.4. The van der Waals surface area contributed by atoms with Crippen LogP contribution in [-0.4, -0.2) is 13.4 Å². The van der Waals surface area contributed by atoms with E-state index in [2.05, 4.69) is 15.7 Å². The van der Waals surface area contributed by atoms with Crippen molar-refractivity contribution in [2.75, 3.05) is 0 Å². The summed E-state index contributed by atoms with van der Waals surface area (Å²) in [5.74, 6) is 0. The summed E-state index contributed by atoms with van der Waals surface area (Å²) in [7, 11) is -0.424. The quantitative estimate of drug-likeness (QED) is 0.591. The van der Waals surface area contributed by atoms with Crippen molar-refractivity contribution >= 4 is 19.7 Å². The summed E-state index contributed by atoms with van der Waals surface area (Å²) in [6, 6.07) is -0.0144. The summed E-state index contributed by atoms with van der Waals surface area (Å²) in [5, 5.41) is -1.87. The Morgan fingerprint density at radius 3 is 1.83 bits per heavy atom. The van der Waals surface area contributed by atoms with Crippen molar-refractivity contribution in [1.29, 1.82) is 0 Å². The highest BCUT2D eigenvalue weighted by Crippen LogP contribution is 2.37. The van der Waals surface area contributed by atoms with Crippen LogP contribution >= 0.6 is 10.7 Å². The van der Waals surface area contributed by atoms with Crippen LogP contribution in [0.25, 0.3) is 0 Å². The van der Waals surface area contributed by atoms with Gasteiger partial charge in [-0.15, -0.1) is 0 Å². The maximum absolute atomic E-state index is 12.4. The van der Waals surface area contributed by atoms with Crippen molar-refractivity contribution in [3.8, 4) is 0 Å². The van der Waals surface area contributed by atoms with Gasteiger partial charge >= 0.3 is 12.4 Å². The molecule has 0 aromatic carbocycles. The molecule has 11 heteroatoms. The first-order chi connectivity index (χ1) is 7.83.